The van der Waals surface area contributed by atoms with Gasteiger partial charge in [0.15, 0.2) is 0 Å². The molecule has 1 saturated carbocycles. The first-order valence-electron chi connectivity index (χ1n) is 4.41. The Bertz CT molecular complexity index is 339. The second-order valence-corrected chi connectivity index (χ2v) is 3.53. The number of hydrogen-bond donors (Lipinski definition) is 1. The minimum atomic E-state index is -0.819. The van der Waals surface area contributed by atoms with E-state index in [-0.39, 0.29) is 6.42 Å². The highest BCUT2D eigenvalue weighted by Crippen LogP contribution is 2.39. The van der Waals surface area contributed by atoms with Crippen molar-refractivity contribution in [3.63, 3.8) is 0 Å². The predicted octanol–water partition coefficient (Wildman–Crippen LogP) is 0.925. The van der Waals surface area contributed by atoms with E-state index in [0.717, 1.165) is 0 Å². The molecule has 4 heteroatoms. The van der Waals surface area contributed by atoms with Crippen molar-refractivity contribution in [2.45, 2.75) is 25.2 Å². The zero-order chi connectivity index (χ0) is 9.42. The topological polar surface area (TPSA) is 55.1 Å². The monoisotopic (exact) mass is 180 g/mol. The van der Waals surface area contributed by atoms with E-state index in [4.69, 9.17) is 5.11 Å². The SMILES string of the molecule is Cn1nc(CC(=O)O)cc1C1CC1. The average Bonchev–Trinajstić information content (AvgIpc) is 2.77. The van der Waals surface area contributed by atoms with Crippen LogP contribution in [0.3, 0.4) is 0 Å². The molecule has 2 rings (SSSR count). The van der Waals surface area contributed by atoms with Gasteiger partial charge in [0, 0.05) is 18.7 Å². The summed E-state index contributed by atoms with van der Waals surface area (Å²) in [6.07, 6.45) is 2.46. The van der Waals surface area contributed by atoms with Crippen LogP contribution in [-0.4, -0.2) is 20.9 Å². The van der Waals surface area contributed by atoms with Gasteiger partial charge in [-0.2, -0.15) is 5.10 Å². The molecule has 13 heavy (non-hydrogen) atoms. The molecule has 1 N–H and O–H groups in total. The Morgan fingerprint density at radius 1 is 1.77 bits per heavy atom. The standard InChI is InChI=1S/C9H12N2O2/c1-11-8(6-2-3-6)4-7(10-11)5-9(12)13/h4,6H,2-3,5H2,1H3,(H,12,13). The summed E-state index contributed by atoms with van der Waals surface area (Å²) in [7, 11) is 1.87. The third kappa shape index (κ3) is 1.71. The first-order chi connectivity index (χ1) is 6.16. The van der Waals surface area contributed by atoms with Crippen LogP contribution >= 0.6 is 0 Å². The van der Waals surface area contributed by atoms with Crippen molar-refractivity contribution in [3.8, 4) is 0 Å². The normalized spacial score (nSPS) is 16.1. The number of carbonyl (C=O) groups is 1. The van der Waals surface area contributed by atoms with Crippen LogP contribution < -0.4 is 0 Å². The lowest BCUT2D eigenvalue weighted by molar-refractivity contribution is -0.136. The summed E-state index contributed by atoms with van der Waals surface area (Å²) in [5, 5.41) is 12.7. The van der Waals surface area contributed by atoms with Crippen molar-refractivity contribution in [2.24, 2.45) is 7.05 Å². The number of carboxylic acids is 1. The van der Waals surface area contributed by atoms with E-state index >= 15 is 0 Å². The Morgan fingerprint density at radius 2 is 2.46 bits per heavy atom. The molecule has 1 aliphatic carbocycles. The summed E-state index contributed by atoms with van der Waals surface area (Å²) < 4.78 is 1.80. The van der Waals surface area contributed by atoms with Crippen LogP contribution in [0.5, 0.6) is 0 Å². The molecule has 1 heterocycles. The first kappa shape index (κ1) is 8.29. The van der Waals surface area contributed by atoms with Crippen molar-refractivity contribution in [1.82, 2.24) is 9.78 Å². The van der Waals surface area contributed by atoms with Crippen molar-refractivity contribution < 1.29 is 9.90 Å². The summed E-state index contributed by atoms with van der Waals surface area (Å²) in [4.78, 5) is 10.4. The van der Waals surface area contributed by atoms with Gasteiger partial charge < -0.3 is 5.11 Å². The molecule has 1 aliphatic rings. The Balaban J connectivity index is 2.19. The molecule has 0 spiro atoms. The van der Waals surface area contributed by atoms with Crippen LogP contribution in [0.1, 0.15) is 30.1 Å². The molecule has 70 valence electrons. The minimum Gasteiger partial charge on any atom is -0.481 e. The van der Waals surface area contributed by atoms with Gasteiger partial charge in [-0.05, 0) is 18.9 Å². The highest BCUT2D eigenvalue weighted by Gasteiger charge is 2.27. The highest BCUT2D eigenvalue weighted by atomic mass is 16.4. The van der Waals surface area contributed by atoms with Crippen LogP contribution in [0.2, 0.25) is 0 Å². The minimum absolute atomic E-state index is 0.0283. The van der Waals surface area contributed by atoms with Crippen LogP contribution in [0.4, 0.5) is 0 Å². The lowest BCUT2D eigenvalue weighted by Gasteiger charge is -1.95. The molecule has 0 bridgehead atoms. The van der Waals surface area contributed by atoms with Gasteiger partial charge in [0.05, 0.1) is 12.1 Å². The van der Waals surface area contributed by atoms with E-state index in [0.29, 0.717) is 11.6 Å². The fourth-order valence-corrected chi connectivity index (χ4v) is 1.55. The third-order valence-electron chi connectivity index (χ3n) is 2.29. The van der Waals surface area contributed by atoms with Gasteiger partial charge in [-0.15, -0.1) is 0 Å². The maximum atomic E-state index is 10.4. The number of aryl methyl sites for hydroxylation is 1. The number of rotatable bonds is 3. The molecular weight excluding hydrogens is 168 g/mol. The molecule has 0 amide bonds. The summed E-state index contributed by atoms with van der Waals surface area (Å²) in [5.74, 6) is -0.194. The van der Waals surface area contributed by atoms with E-state index in [1.54, 1.807) is 4.68 Å². The van der Waals surface area contributed by atoms with Crippen LogP contribution in [0, 0.1) is 0 Å². The molecule has 0 saturated heterocycles. The Labute approximate surface area is 76.2 Å². The van der Waals surface area contributed by atoms with Gasteiger partial charge in [0.1, 0.15) is 0 Å². The highest BCUT2D eigenvalue weighted by molar-refractivity contribution is 5.69. The fraction of sp³-hybridized carbons (Fsp3) is 0.556. The average molecular weight is 180 g/mol. The van der Waals surface area contributed by atoms with Crippen molar-refractivity contribution in [3.05, 3.63) is 17.5 Å². The molecule has 0 radical (unpaired) electrons. The maximum Gasteiger partial charge on any atom is 0.309 e. The second kappa shape index (κ2) is 2.87. The second-order valence-electron chi connectivity index (χ2n) is 3.53. The van der Waals surface area contributed by atoms with E-state index in [1.165, 1.54) is 18.5 Å². The third-order valence-corrected chi connectivity index (χ3v) is 2.29. The van der Waals surface area contributed by atoms with E-state index in [2.05, 4.69) is 5.10 Å². The lowest BCUT2D eigenvalue weighted by Crippen LogP contribution is -2.01. The summed E-state index contributed by atoms with van der Waals surface area (Å²) in [5.41, 5.74) is 1.84. The maximum absolute atomic E-state index is 10.4. The summed E-state index contributed by atoms with van der Waals surface area (Å²) >= 11 is 0. The van der Waals surface area contributed by atoms with Gasteiger partial charge in [0.25, 0.3) is 0 Å². The van der Waals surface area contributed by atoms with E-state index < -0.39 is 5.97 Å². The summed E-state index contributed by atoms with van der Waals surface area (Å²) in [6, 6.07) is 1.91. The summed E-state index contributed by atoms with van der Waals surface area (Å²) in [6.45, 7) is 0. The van der Waals surface area contributed by atoms with Crippen molar-refractivity contribution >= 4 is 5.97 Å². The molecule has 0 aromatic carbocycles. The van der Waals surface area contributed by atoms with Gasteiger partial charge in [-0.3, -0.25) is 9.48 Å². The Kier molecular flexibility index (Phi) is 1.83. The van der Waals surface area contributed by atoms with E-state index in [9.17, 15) is 4.79 Å². The smallest absolute Gasteiger partial charge is 0.309 e. The predicted molar refractivity (Wildman–Crippen MR) is 46.5 cm³/mol. The Hall–Kier alpha value is -1.32. The van der Waals surface area contributed by atoms with Crippen LogP contribution in [0.25, 0.3) is 0 Å². The zero-order valence-electron chi connectivity index (χ0n) is 7.53. The fourth-order valence-electron chi connectivity index (χ4n) is 1.55. The van der Waals surface area contributed by atoms with Crippen LogP contribution in [-0.2, 0) is 18.3 Å². The van der Waals surface area contributed by atoms with Crippen LogP contribution in [0.15, 0.2) is 6.07 Å². The zero-order valence-corrected chi connectivity index (χ0v) is 7.53. The van der Waals surface area contributed by atoms with Gasteiger partial charge in [-0.1, -0.05) is 0 Å². The largest absolute Gasteiger partial charge is 0.481 e. The lowest BCUT2D eigenvalue weighted by atomic mass is 10.2. The number of hydrogen-bond acceptors (Lipinski definition) is 2. The molecule has 1 fully saturated rings. The molecule has 0 aliphatic heterocycles. The van der Waals surface area contributed by atoms with Gasteiger partial charge in [0.2, 0.25) is 0 Å². The van der Waals surface area contributed by atoms with Crippen molar-refractivity contribution in [1.29, 1.82) is 0 Å². The number of aliphatic carboxylic acids is 1. The molecule has 4 nitrogen and oxygen atoms in total. The molecule has 0 unspecified atom stereocenters. The quantitative estimate of drug-likeness (QED) is 0.752. The molecular formula is C9H12N2O2. The van der Waals surface area contributed by atoms with Gasteiger partial charge >= 0.3 is 5.97 Å². The van der Waals surface area contributed by atoms with E-state index in [1.807, 2.05) is 13.1 Å². The molecule has 0 atom stereocenters. The molecule has 1 aromatic heterocycles. The number of nitrogens with zero attached hydrogens (tertiary/aromatic N) is 2. The number of carboxylic acid groups (broad SMARTS) is 1. The first-order valence-corrected chi connectivity index (χ1v) is 4.41. The Morgan fingerprint density at radius 3 is 3.00 bits per heavy atom. The van der Waals surface area contributed by atoms with Gasteiger partial charge in [-0.25, -0.2) is 0 Å². The van der Waals surface area contributed by atoms with Crippen molar-refractivity contribution in [2.75, 3.05) is 0 Å². The molecule has 1 aromatic rings. The number of aromatic nitrogens is 2.